The van der Waals surface area contributed by atoms with Gasteiger partial charge in [0.1, 0.15) is 9.55 Å². The van der Waals surface area contributed by atoms with Crippen molar-refractivity contribution in [2.24, 2.45) is 10.1 Å². The van der Waals surface area contributed by atoms with Gasteiger partial charge < -0.3 is 0 Å². The van der Waals surface area contributed by atoms with E-state index < -0.39 is 0 Å². The Kier molecular flexibility index (Phi) is 7.96. The van der Waals surface area contributed by atoms with Crippen molar-refractivity contribution >= 4 is 43.9 Å². The molecule has 1 N–H and O–H groups in total. The van der Waals surface area contributed by atoms with Crippen molar-refractivity contribution in [1.29, 1.82) is 0 Å². The normalized spacial score (nSPS) is 12.6. The molecule has 0 aliphatic carbocycles. The fourth-order valence-corrected chi connectivity index (χ4v) is 1.92. The lowest BCUT2D eigenvalue weighted by Crippen LogP contribution is -2.35. The maximum Gasteiger partial charge on any atom is 0.120 e. The molecule has 14 heavy (non-hydrogen) atoms. The van der Waals surface area contributed by atoms with Crippen LogP contribution in [-0.4, -0.2) is 33.6 Å². The fourth-order valence-electron chi connectivity index (χ4n) is 0.572. The van der Waals surface area contributed by atoms with Crippen LogP contribution in [0.3, 0.4) is 0 Å². The van der Waals surface area contributed by atoms with Gasteiger partial charge in [0.25, 0.3) is 0 Å². The van der Waals surface area contributed by atoms with E-state index >= 15 is 0 Å². The molecule has 6 heteroatoms. The molecule has 0 bridgehead atoms. The van der Waals surface area contributed by atoms with E-state index in [0.717, 1.165) is 15.3 Å². The summed E-state index contributed by atoms with van der Waals surface area (Å²) in [5.41, 5.74) is 2.87. The second-order valence-electron chi connectivity index (χ2n) is 2.44. The zero-order valence-electron chi connectivity index (χ0n) is 8.62. The molecular weight excluding hydrogens is 311 g/mol. The number of nitrogens with zero attached hydrogens (tertiary/aromatic N) is 3. The molecule has 0 rings (SSSR count). The minimum atomic E-state index is 0.817. The molecule has 0 aliphatic rings. The van der Waals surface area contributed by atoms with Gasteiger partial charge in [-0.25, -0.2) is 10.5 Å². The third-order valence-corrected chi connectivity index (χ3v) is 3.05. The van der Waals surface area contributed by atoms with E-state index in [4.69, 9.17) is 0 Å². The van der Waals surface area contributed by atoms with Crippen molar-refractivity contribution in [3.05, 3.63) is 12.8 Å². The topological polar surface area (TPSA) is 40.0 Å². The number of hydrazine groups is 1. The molecule has 0 aliphatic heterocycles. The van der Waals surface area contributed by atoms with Crippen LogP contribution in [0.1, 0.15) is 6.92 Å². The Morgan fingerprint density at radius 2 is 2.36 bits per heavy atom. The number of aliphatic imine (C=N–C) groups is 1. The first kappa shape index (κ1) is 13.8. The first-order valence-corrected chi connectivity index (χ1v) is 6.44. The van der Waals surface area contributed by atoms with E-state index in [1.54, 1.807) is 16.8 Å². The summed E-state index contributed by atoms with van der Waals surface area (Å²) in [6.45, 7) is 5.41. The van der Waals surface area contributed by atoms with Gasteiger partial charge in [-0.05, 0) is 35.8 Å². The Morgan fingerprint density at radius 3 is 2.86 bits per heavy atom. The SMILES string of the molecule is C=C/N=C(/C)N(C)N/N=C(/I)CSC. The molecule has 4 nitrogen and oxygen atoms in total. The first-order chi connectivity index (χ1) is 6.61. The summed E-state index contributed by atoms with van der Waals surface area (Å²) in [7, 11) is 1.86. The van der Waals surface area contributed by atoms with Crippen LogP contribution in [0.15, 0.2) is 22.9 Å². The summed E-state index contributed by atoms with van der Waals surface area (Å²) >= 11 is 3.94. The second kappa shape index (κ2) is 8.10. The number of hydrogen-bond acceptors (Lipinski definition) is 4. The lowest BCUT2D eigenvalue weighted by molar-refractivity contribution is 0.378. The number of nitrogens with one attached hydrogen (secondary N) is 1. The fraction of sp³-hybridized carbons (Fsp3) is 0.500. The van der Waals surface area contributed by atoms with E-state index in [-0.39, 0.29) is 0 Å². The Bertz CT molecular complexity index is 239. The van der Waals surface area contributed by atoms with Crippen LogP contribution in [0.4, 0.5) is 0 Å². The maximum absolute atomic E-state index is 4.16. The highest BCUT2D eigenvalue weighted by Gasteiger charge is 1.97. The smallest absolute Gasteiger partial charge is 0.120 e. The lowest BCUT2D eigenvalue weighted by atomic mass is 10.6. The number of hydrogen-bond donors (Lipinski definition) is 1. The number of thioether (sulfide) groups is 1. The summed E-state index contributed by atoms with van der Waals surface area (Å²) in [4.78, 5) is 4.02. The highest BCUT2D eigenvalue weighted by Crippen LogP contribution is 1.99. The quantitative estimate of drug-likeness (QED) is 0.364. The minimum Gasteiger partial charge on any atom is -0.262 e. The molecular formula is C8H15IN4S. The molecule has 80 valence electrons. The maximum atomic E-state index is 4.16. The van der Waals surface area contributed by atoms with Crippen LogP contribution in [0.25, 0.3) is 0 Å². The van der Waals surface area contributed by atoms with Crippen molar-refractivity contribution in [3.63, 3.8) is 0 Å². The predicted molar refractivity (Wildman–Crippen MR) is 74.0 cm³/mol. The van der Waals surface area contributed by atoms with Gasteiger partial charge in [0.15, 0.2) is 0 Å². The molecule has 0 aromatic heterocycles. The molecule has 0 fully saturated rings. The standard InChI is InChI=1S/C8H15IN4S/c1-5-10-7(2)13(3)12-11-8(9)6-14-4/h5,12H,1,6H2,2-4H3/b10-7-,11-8+. The van der Waals surface area contributed by atoms with Gasteiger partial charge in [0.2, 0.25) is 0 Å². The largest absolute Gasteiger partial charge is 0.262 e. The molecule has 0 aromatic rings. The van der Waals surface area contributed by atoms with Gasteiger partial charge in [-0.15, -0.1) is 0 Å². The number of amidine groups is 1. The monoisotopic (exact) mass is 326 g/mol. The zero-order valence-corrected chi connectivity index (χ0v) is 11.6. The van der Waals surface area contributed by atoms with E-state index in [2.05, 4.69) is 44.8 Å². The summed E-state index contributed by atoms with van der Waals surface area (Å²) < 4.78 is 1.02. The number of halogens is 1. The highest BCUT2D eigenvalue weighted by atomic mass is 127. The minimum absolute atomic E-state index is 0.817. The highest BCUT2D eigenvalue weighted by molar-refractivity contribution is 14.1. The second-order valence-corrected chi connectivity index (χ2v) is 4.55. The Balaban J connectivity index is 4.06. The molecule has 0 aromatic carbocycles. The Morgan fingerprint density at radius 1 is 1.71 bits per heavy atom. The summed E-state index contributed by atoms with van der Waals surface area (Å²) in [6, 6.07) is 0. The van der Waals surface area contributed by atoms with Crippen LogP contribution < -0.4 is 5.53 Å². The summed E-state index contributed by atoms with van der Waals surface area (Å²) in [5.74, 6) is 1.73. The van der Waals surface area contributed by atoms with Crippen LogP contribution in [0.5, 0.6) is 0 Å². The zero-order chi connectivity index (χ0) is 11.0. The van der Waals surface area contributed by atoms with Gasteiger partial charge in [0.05, 0.1) is 0 Å². The van der Waals surface area contributed by atoms with Crippen molar-refractivity contribution in [2.75, 3.05) is 19.1 Å². The van der Waals surface area contributed by atoms with E-state index in [1.807, 2.05) is 20.2 Å². The first-order valence-electron chi connectivity index (χ1n) is 3.97. The van der Waals surface area contributed by atoms with Crippen molar-refractivity contribution in [1.82, 2.24) is 10.5 Å². The Hall–Kier alpha value is -0.240. The molecule has 0 amide bonds. The summed E-state index contributed by atoms with van der Waals surface area (Å²) in [6.07, 6.45) is 3.55. The number of rotatable bonds is 5. The van der Waals surface area contributed by atoms with Crippen LogP contribution in [0, 0.1) is 0 Å². The molecule has 0 heterocycles. The van der Waals surface area contributed by atoms with Crippen molar-refractivity contribution < 1.29 is 0 Å². The van der Waals surface area contributed by atoms with Crippen molar-refractivity contribution in [3.8, 4) is 0 Å². The van der Waals surface area contributed by atoms with Crippen LogP contribution in [-0.2, 0) is 0 Å². The molecule has 0 atom stereocenters. The van der Waals surface area contributed by atoms with Gasteiger partial charge in [-0.1, -0.05) is 6.58 Å². The van der Waals surface area contributed by atoms with Gasteiger partial charge in [0, 0.05) is 19.0 Å². The summed E-state index contributed by atoms with van der Waals surface area (Å²) in [5, 5.41) is 5.90. The molecule has 0 radical (unpaired) electrons. The average molecular weight is 326 g/mol. The molecule has 0 unspecified atom stereocenters. The number of hydrazone groups is 1. The molecule has 0 saturated carbocycles. The van der Waals surface area contributed by atoms with E-state index in [0.29, 0.717) is 0 Å². The Labute approximate surface area is 103 Å². The van der Waals surface area contributed by atoms with Crippen LogP contribution >= 0.6 is 34.4 Å². The predicted octanol–water partition coefficient (Wildman–Crippen LogP) is 2.10. The van der Waals surface area contributed by atoms with Crippen LogP contribution in [0.2, 0.25) is 0 Å². The lowest BCUT2D eigenvalue weighted by Gasteiger charge is -2.16. The third kappa shape index (κ3) is 6.25. The van der Waals surface area contributed by atoms with E-state index in [9.17, 15) is 0 Å². The molecule has 0 spiro atoms. The van der Waals surface area contributed by atoms with Crippen molar-refractivity contribution in [2.45, 2.75) is 6.92 Å². The van der Waals surface area contributed by atoms with E-state index in [1.165, 1.54) is 6.20 Å². The third-order valence-electron chi connectivity index (χ3n) is 1.35. The van der Waals surface area contributed by atoms with Gasteiger partial charge >= 0.3 is 0 Å². The molecule has 0 saturated heterocycles. The average Bonchev–Trinajstić information content (AvgIpc) is 2.15. The van der Waals surface area contributed by atoms with Gasteiger partial charge in [-0.2, -0.15) is 16.9 Å². The van der Waals surface area contributed by atoms with Gasteiger partial charge in [-0.3, -0.25) is 5.01 Å².